The molecule has 1 atom stereocenters. The fourth-order valence-corrected chi connectivity index (χ4v) is 2.97. The van der Waals surface area contributed by atoms with Crippen LogP contribution in [0.25, 0.3) is 0 Å². The molecular formula is C16H17Br2FN2. The van der Waals surface area contributed by atoms with E-state index in [1.807, 2.05) is 18.3 Å². The molecule has 1 aromatic heterocycles. The number of rotatable bonds is 6. The molecule has 0 aliphatic rings. The van der Waals surface area contributed by atoms with Gasteiger partial charge in [0.25, 0.3) is 0 Å². The summed E-state index contributed by atoms with van der Waals surface area (Å²) in [7, 11) is 0. The van der Waals surface area contributed by atoms with E-state index < -0.39 is 0 Å². The van der Waals surface area contributed by atoms with E-state index in [0.717, 1.165) is 35.0 Å². The fraction of sp³-hybridized carbons (Fsp3) is 0.312. The van der Waals surface area contributed by atoms with Crippen LogP contribution in [0.2, 0.25) is 0 Å². The molecule has 1 aromatic carbocycles. The Bertz CT molecular complexity index is 605. The summed E-state index contributed by atoms with van der Waals surface area (Å²) in [6.45, 7) is 3.05. The Labute approximate surface area is 141 Å². The van der Waals surface area contributed by atoms with Crippen LogP contribution >= 0.6 is 31.9 Å². The van der Waals surface area contributed by atoms with E-state index in [1.54, 1.807) is 6.20 Å². The number of aromatic nitrogens is 1. The summed E-state index contributed by atoms with van der Waals surface area (Å²) in [5, 5.41) is 3.51. The highest BCUT2D eigenvalue weighted by Gasteiger charge is 2.13. The first-order valence-corrected chi connectivity index (χ1v) is 8.46. The summed E-state index contributed by atoms with van der Waals surface area (Å²) < 4.78 is 14.9. The first kappa shape index (κ1) is 16.6. The molecule has 0 radical (unpaired) electrons. The van der Waals surface area contributed by atoms with Crippen LogP contribution in [0.1, 0.15) is 30.5 Å². The van der Waals surface area contributed by atoms with Crippen LogP contribution in [0.4, 0.5) is 4.39 Å². The van der Waals surface area contributed by atoms with Crippen LogP contribution < -0.4 is 5.32 Å². The number of halogens is 3. The summed E-state index contributed by atoms with van der Waals surface area (Å²) in [5.41, 5.74) is 2.20. The standard InChI is InChI=1S/C16H17Br2FN2/c1-2-5-21-16(7-11-6-13(17)10-20-9-11)12-3-4-15(19)14(18)8-12/h3-4,6,8-10,16,21H,2,5,7H2,1H3. The van der Waals surface area contributed by atoms with Crippen LogP contribution in [0.3, 0.4) is 0 Å². The predicted molar refractivity (Wildman–Crippen MR) is 90.8 cm³/mol. The fourth-order valence-electron chi connectivity index (χ4n) is 2.16. The zero-order chi connectivity index (χ0) is 15.2. The van der Waals surface area contributed by atoms with E-state index >= 15 is 0 Å². The van der Waals surface area contributed by atoms with Crippen molar-refractivity contribution < 1.29 is 4.39 Å². The van der Waals surface area contributed by atoms with Gasteiger partial charge in [0.2, 0.25) is 0 Å². The van der Waals surface area contributed by atoms with Gasteiger partial charge >= 0.3 is 0 Å². The summed E-state index contributed by atoms with van der Waals surface area (Å²) in [6, 6.07) is 7.37. The molecule has 0 aliphatic heterocycles. The maximum absolute atomic E-state index is 13.4. The SMILES string of the molecule is CCCNC(Cc1cncc(Br)c1)c1ccc(F)c(Br)c1. The summed E-state index contributed by atoms with van der Waals surface area (Å²) >= 11 is 6.70. The molecule has 0 spiro atoms. The molecular weight excluding hydrogens is 399 g/mol. The molecule has 5 heteroatoms. The molecule has 1 N–H and O–H groups in total. The second kappa shape index (κ2) is 8.01. The third kappa shape index (κ3) is 4.87. The largest absolute Gasteiger partial charge is 0.310 e. The van der Waals surface area contributed by atoms with Gasteiger partial charge in [0, 0.05) is 22.9 Å². The highest BCUT2D eigenvalue weighted by atomic mass is 79.9. The second-order valence-corrected chi connectivity index (χ2v) is 6.67. The van der Waals surface area contributed by atoms with Gasteiger partial charge in [0.1, 0.15) is 5.82 Å². The Morgan fingerprint density at radius 1 is 1.24 bits per heavy atom. The van der Waals surface area contributed by atoms with Gasteiger partial charge < -0.3 is 5.32 Å². The zero-order valence-electron chi connectivity index (χ0n) is 11.7. The monoisotopic (exact) mass is 414 g/mol. The van der Waals surface area contributed by atoms with Crippen LogP contribution in [-0.4, -0.2) is 11.5 Å². The third-order valence-electron chi connectivity index (χ3n) is 3.19. The number of pyridine rings is 1. The molecule has 0 amide bonds. The first-order valence-electron chi connectivity index (χ1n) is 6.88. The average molecular weight is 416 g/mol. The van der Waals surface area contributed by atoms with Gasteiger partial charge in [-0.3, -0.25) is 4.98 Å². The van der Waals surface area contributed by atoms with Gasteiger partial charge in [-0.05, 0) is 80.6 Å². The smallest absolute Gasteiger partial charge is 0.137 e. The number of hydrogen-bond donors (Lipinski definition) is 1. The van der Waals surface area contributed by atoms with Crippen molar-refractivity contribution in [2.24, 2.45) is 0 Å². The summed E-state index contributed by atoms with van der Waals surface area (Å²) in [5.74, 6) is -0.239. The summed E-state index contributed by atoms with van der Waals surface area (Å²) in [4.78, 5) is 4.20. The van der Waals surface area contributed by atoms with Crippen molar-refractivity contribution in [1.82, 2.24) is 10.3 Å². The molecule has 1 heterocycles. The minimum absolute atomic E-state index is 0.137. The zero-order valence-corrected chi connectivity index (χ0v) is 14.9. The van der Waals surface area contributed by atoms with Gasteiger partial charge in [-0.15, -0.1) is 0 Å². The Morgan fingerprint density at radius 3 is 2.71 bits per heavy atom. The molecule has 2 aromatic rings. The minimum atomic E-state index is -0.239. The second-order valence-electron chi connectivity index (χ2n) is 4.90. The number of hydrogen-bond acceptors (Lipinski definition) is 2. The number of benzene rings is 1. The average Bonchev–Trinajstić information content (AvgIpc) is 2.46. The first-order chi connectivity index (χ1) is 10.1. The van der Waals surface area contributed by atoms with E-state index in [0.29, 0.717) is 4.47 Å². The van der Waals surface area contributed by atoms with E-state index in [4.69, 9.17) is 0 Å². The molecule has 2 rings (SSSR count). The van der Waals surface area contributed by atoms with Gasteiger partial charge in [-0.2, -0.15) is 0 Å². The Balaban J connectivity index is 2.22. The lowest BCUT2D eigenvalue weighted by Crippen LogP contribution is -2.24. The maximum atomic E-state index is 13.4. The van der Waals surface area contributed by atoms with Crippen molar-refractivity contribution in [3.8, 4) is 0 Å². The van der Waals surface area contributed by atoms with Crippen molar-refractivity contribution in [2.75, 3.05) is 6.54 Å². The van der Waals surface area contributed by atoms with E-state index in [-0.39, 0.29) is 11.9 Å². The quantitative estimate of drug-likeness (QED) is 0.715. The van der Waals surface area contributed by atoms with Gasteiger partial charge in [-0.25, -0.2) is 4.39 Å². The van der Waals surface area contributed by atoms with E-state index in [2.05, 4.69) is 55.2 Å². The topological polar surface area (TPSA) is 24.9 Å². The summed E-state index contributed by atoms with van der Waals surface area (Å²) in [6.07, 6.45) is 5.50. The number of nitrogens with one attached hydrogen (secondary N) is 1. The van der Waals surface area contributed by atoms with Crippen LogP contribution in [0, 0.1) is 5.82 Å². The highest BCUT2D eigenvalue weighted by Crippen LogP contribution is 2.24. The molecule has 0 aliphatic carbocycles. The molecule has 112 valence electrons. The Hall–Kier alpha value is -0.780. The maximum Gasteiger partial charge on any atom is 0.137 e. The molecule has 2 nitrogen and oxygen atoms in total. The lowest BCUT2D eigenvalue weighted by Gasteiger charge is -2.19. The number of nitrogens with zero attached hydrogens (tertiary/aromatic N) is 1. The predicted octanol–water partition coefficient (Wildman–Crippen LogP) is 5.03. The Kier molecular flexibility index (Phi) is 6.33. The van der Waals surface area contributed by atoms with Gasteiger partial charge in [-0.1, -0.05) is 13.0 Å². The third-order valence-corrected chi connectivity index (χ3v) is 4.23. The molecule has 0 fully saturated rings. The molecule has 0 saturated carbocycles. The molecule has 0 saturated heterocycles. The van der Waals surface area contributed by atoms with Crippen molar-refractivity contribution in [3.05, 3.63) is 62.5 Å². The van der Waals surface area contributed by atoms with Crippen molar-refractivity contribution in [2.45, 2.75) is 25.8 Å². The van der Waals surface area contributed by atoms with Crippen LogP contribution in [-0.2, 0) is 6.42 Å². The van der Waals surface area contributed by atoms with Crippen molar-refractivity contribution in [1.29, 1.82) is 0 Å². The lowest BCUT2D eigenvalue weighted by atomic mass is 9.99. The lowest BCUT2D eigenvalue weighted by molar-refractivity contribution is 0.526. The Morgan fingerprint density at radius 2 is 2.05 bits per heavy atom. The van der Waals surface area contributed by atoms with Gasteiger partial charge in [0.15, 0.2) is 0 Å². The highest BCUT2D eigenvalue weighted by molar-refractivity contribution is 9.10. The minimum Gasteiger partial charge on any atom is -0.310 e. The van der Waals surface area contributed by atoms with E-state index in [9.17, 15) is 4.39 Å². The van der Waals surface area contributed by atoms with Crippen LogP contribution in [0.5, 0.6) is 0 Å². The van der Waals surface area contributed by atoms with Crippen LogP contribution in [0.15, 0.2) is 45.6 Å². The van der Waals surface area contributed by atoms with Crippen molar-refractivity contribution >= 4 is 31.9 Å². The molecule has 0 bridgehead atoms. The van der Waals surface area contributed by atoms with Crippen molar-refractivity contribution in [3.63, 3.8) is 0 Å². The van der Waals surface area contributed by atoms with Gasteiger partial charge in [0.05, 0.1) is 4.47 Å². The molecule has 1 unspecified atom stereocenters. The normalized spacial score (nSPS) is 12.4. The van der Waals surface area contributed by atoms with E-state index in [1.165, 1.54) is 6.07 Å². The molecule has 21 heavy (non-hydrogen) atoms.